The second-order valence-corrected chi connectivity index (χ2v) is 25.9. The van der Waals surface area contributed by atoms with Gasteiger partial charge < -0.3 is 14.4 Å². The predicted octanol–water partition coefficient (Wildman–Crippen LogP) is 23.4. The lowest BCUT2D eigenvalue weighted by atomic mass is 9.33. The molecule has 0 aliphatic carbocycles. The van der Waals surface area contributed by atoms with E-state index in [4.69, 9.17) is 0 Å². The first-order chi connectivity index (χ1) is 48.6. The Kier molecular flexibility index (Phi) is 13.7. The first kappa shape index (κ1) is 56.8. The molecular formula is C94H62BN3. The zero-order valence-corrected chi connectivity index (χ0v) is 53.7. The highest BCUT2D eigenvalue weighted by Gasteiger charge is 2.46. The summed E-state index contributed by atoms with van der Waals surface area (Å²) >= 11 is 0. The van der Waals surface area contributed by atoms with Gasteiger partial charge in [-0.15, -0.1) is 0 Å². The number of rotatable bonds is 11. The molecule has 3 nitrogen and oxygen atoms in total. The van der Waals surface area contributed by atoms with E-state index >= 15 is 0 Å². The lowest BCUT2D eigenvalue weighted by Gasteiger charge is -2.46. The first-order valence-corrected chi connectivity index (χ1v) is 33.9. The van der Waals surface area contributed by atoms with Crippen LogP contribution in [-0.2, 0) is 0 Å². The summed E-state index contributed by atoms with van der Waals surface area (Å²) in [7, 11) is 0. The van der Waals surface area contributed by atoms with Crippen LogP contribution in [0.15, 0.2) is 376 Å². The molecule has 0 N–H and O–H groups in total. The highest BCUT2D eigenvalue weighted by molar-refractivity contribution is 7.00. The van der Waals surface area contributed by atoms with Gasteiger partial charge in [-0.25, -0.2) is 0 Å². The molecule has 0 amide bonds. The van der Waals surface area contributed by atoms with Gasteiger partial charge in [-0.2, -0.15) is 0 Å². The molecule has 0 fully saturated rings. The highest BCUT2D eigenvalue weighted by Crippen LogP contribution is 2.55. The third kappa shape index (κ3) is 9.44. The smallest absolute Gasteiger partial charge is 0.252 e. The van der Waals surface area contributed by atoms with E-state index in [1.54, 1.807) is 0 Å². The van der Waals surface area contributed by atoms with E-state index in [0.717, 1.165) is 134 Å². The fraction of sp³-hybridized carbons (Fsp3) is 0. The Morgan fingerprint density at radius 2 is 0.551 bits per heavy atom. The second-order valence-electron chi connectivity index (χ2n) is 25.9. The van der Waals surface area contributed by atoms with Gasteiger partial charge >= 0.3 is 0 Å². The maximum Gasteiger partial charge on any atom is 0.252 e. The number of anilines is 6. The number of aromatic nitrogens is 1. The third-order valence-corrected chi connectivity index (χ3v) is 20.3. The van der Waals surface area contributed by atoms with Gasteiger partial charge in [0.25, 0.3) is 6.71 Å². The molecular weight excluding hydrogens is 1180 g/mol. The van der Waals surface area contributed by atoms with Crippen LogP contribution in [-0.4, -0.2) is 11.3 Å². The van der Waals surface area contributed by atoms with Crippen molar-refractivity contribution in [2.24, 2.45) is 0 Å². The van der Waals surface area contributed by atoms with Crippen molar-refractivity contribution in [2.45, 2.75) is 0 Å². The molecule has 0 unspecified atom stereocenters. The second kappa shape index (κ2) is 23.6. The number of hydrogen-bond acceptors (Lipinski definition) is 2. The molecule has 2 aliphatic rings. The van der Waals surface area contributed by atoms with Crippen molar-refractivity contribution in [3.05, 3.63) is 376 Å². The van der Waals surface area contributed by atoms with Crippen LogP contribution in [0, 0.1) is 0 Å². The van der Waals surface area contributed by atoms with Gasteiger partial charge in [0, 0.05) is 61.2 Å². The number of para-hydroxylation sites is 1. The molecule has 456 valence electrons. The average molecular weight is 1240 g/mol. The minimum atomic E-state index is -0.272. The van der Waals surface area contributed by atoms with Crippen molar-refractivity contribution in [3.8, 4) is 94.7 Å². The van der Waals surface area contributed by atoms with Crippen LogP contribution >= 0.6 is 0 Å². The van der Waals surface area contributed by atoms with Crippen molar-refractivity contribution in [1.82, 2.24) is 4.57 Å². The summed E-state index contributed by atoms with van der Waals surface area (Å²) in [4.78, 5) is 5.38. The minimum absolute atomic E-state index is 0.272. The van der Waals surface area contributed by atoms with Gasteiger partial charge in [0.2, 0.25) is 0 Å². The van der Waals surface area contributed by atoms with E-state index in [2.05, 4.69) is 390 Å². The van der Waals surface area contributed by atoms with Crippen LogP contribution in [0.1, 0.15) is 0 Å². The Hall–Kier alpha value is -12.8. The Morgan fingerprint density at radius 1 is 0.214 bits per heavy atom. The lowest BCUT2D eigenvalue weighted by molar-refractivity contribution is 1.16. The minimum Gasteiger partial charge on any atom is -0.310 e. The van der Waals surface area contributed by atoms with E-state index in [1.807, 2.05) is 0 Å². The molecule has 0 bridgehead atoms. The molecule has 0 radical (unpaired) electrons. The summed E-state index contributed by atoms with van der Waals surface area (Å²) in [6.07, 6.45) is 0. The molecule has 0 saturated carbocycles. The van der Waals surface area contributed by atoms with Crippen molar-refractivity contribution in [2.75, 3.05) is 9.80 Å². The fourth-order valence-corrected chi connectivity index (χ4v) is 15.9. The fourth-order valence-electron chi connectivity index (χ4n) is 15.9. The molecule has 1 aromatic heterocycles. The quantitative estimate of drug-likeness (QED) is 0.120. The zero-order chi connectivity index (χ0) is 64.6. The largest absolute Gasteiger partial charge is 0.310 e. The van der Waals surface area contributed by atoms with Crippen molar-refractivity contribution in [1.29, 1.82) is 0 Å². The van der Waals surface area contributed by atoms with Crippen LogP contribution in [0.4, 0.5) is 34.1 Å². The Bertz CT molecular complexity index is 5490. The van der Waals surface area contributed by atoms with Crippen molar-refractivity contribution >= 4 is 89.8 Å². The summed E-state index contributed by atoms with van der Waals surface area (Å²) in [6.45, 7) is -0.272. The normalized spacial score (nSPS) is 12.2. The number of fused-ring (bicyclic) bond motifs is 9. The number of hydrogen-bond donors (Lipinski definition) is 0. The maximum atomic E-state index is 2.69. The maximum absolute atomic E-state index is 2.69. The Morgan fingerprint density at radius 3 is 0.949 bits per heavy atom. The van der Waals surface area contributed by atoms with Crippen molar-refractivity contribution < 1.29 is 0 Å². The van der Waals surface area contributed by atoms with Crippen LogP contribution in [0.5, 0.6) is 0 Å². The van der Waals surface area contributed by atoms with Crippen LogP contribution in [0.2, 0.25) is 0 Å². The van der Waals surface area contributed by atoms with Crippen LogP contribution in [0.3, 0.4) is 0 Å². The lowest BCUT2D eigenvalue weighted by Crippen LogP contribution is -2.61. The standard InChI is InChI=1S/C94H62BN3/c1-9-29-63(30-10-1)72-50-53-87-84(59-72)95-85-60-73(64-31-11-2-12-32-64)51-54-88(85)98(94-82(69-41-21-7-22-42-69)57-75(66-35-15-4-16-36-66)58-83(94)70-43-23-8-24-44-70)90-62-76(96-86-48-28-27-47-78(86)79-52-49-71-45-25-26-46-77(71)92(79)96)61-89(91(90)95)97(87)93-80(67-37-17-5-18-38-67)55-74(65-33-13-3-14-34-65)56-81(93)68-39-19-6-20-40-68/h1-62H. The van der Waals surface area contributed by atoms with E-state index in [-0.39, 0.29) is 6.71 Å². The highest BCUT2D eigenvalue weighted by atomic mass is 15.2. The van der Waals surface area contributed by atoms with Gasteiger partial charge in [-0.05, 0) is 143 Å². The van der Waals surface area contributed by atoms with E-state index in [1.165, 1.54) is 43.5 Å². The monoisotopic (exact) mass is 1240 g/mol. The molecule has 2 aliphatic heterocycles. The van der Waals surface area contributed by atoms with Gasteiger partial charge in [0.1, 0.15) is 0 Å². The molecule has 4 heteroatoms. The van der Waals surface area contributed by atoms with E-state index < -0.39 is 0 Å². The molecule has 19 rings (SSSR count). The van der Waals surface area contributed by atoms with Gasteiger partial charge in [0.15, 0.2) is 0 Å². The zero-order valence-electron chi connectivity index (χ0n) is 53.7. The van der Waals surface area contributed by atoms with Crippen LogP contribution < -0.4 is 26.2 Å². The number of nitrogens with zero attached hydrogens (tertiary/aromatic N) is 3. The summed E-state index contributed by atoms with van der Waals surface area (Å²) in [5.41, 5.74) is 31.9. The number of benzene rings is 16. The van der Waals surface area contributed by atoms with Gasteiger partial charge in [-0.3, -0.25) is 0 Å². The van der Waals surface area contributed by atoms with Crippen molar-refractivity contribution in [3.63, 3.8) is 0 Å². The third-order valence-electron chi connectivity index (χ3n) is 20.3. The van der Waals surface area contributed by atoms with E-state index in [0.29, 0.717) is 0 Å². The molecule has 98 heavy (non-hydrogen) atoms. The summed E-state index contributed by atoms with van der Waals surface area (Å²) < 4.78 is 2.58. The molecule has 0 atom stereocenters. The molecule has 0 saturated heterocycles. The first-order valence-electron chi connectivity index (χ1n) is 33.9. The molecule has 0 spiro atoms. The van der Waals surface area contributed by atoms with E-state index in [9.17, 15) is 0 Å². The SMILES string of the molecule is c1ccc(-c2ccc3c(c2)B2c4cc(-c5ccccc5)ccc4N(c4c(-c5ccccc5)cc(-c5ccccc5)cc4-c4ccccc4)c4cc(-n5c6ccccc6c6ccc7ccccc7c65)cc(c42)N3c2c(-c3ccccc3)cc(-c3ccccc3)cc2-c2ccccc2)cc1. The average Bonchev–Trinajstić information content (AvgIpc) is 0.693. The molecule has 17 aromatic rings. The molecule has 16 aromatic carbocycles. The van der Waals surface area contributed by atoms with Gasteiger partial charge in [-0.1, -0.05) is 322 Å². The van der Waals surface area contributed by atoms with Crippen LogP contribution in [0.25, 0.3) is 127 Å². The topological polar surface area (TPSA) is 11.4 Å². The van der Waals surface area contributed by atoms with Gasteiger partial charge in [0.05, 0.1) is 28.1 Å². The summed E-state index contributed by atoms with van der Waals surface area (Å²) in [6, 6.07) is 140. The Balaban J connectivity index is 1.04. The predicted molar refractivity (Wildman–Crippen MR) is 416 cm³/mol. The summed E-state index contributed by atoms with van der Waals surface area (Å²) in [5, 5.41) is 4.79. The molecule has 3 heterocycles. The summed E-state index contributed by atoms with van der Waals surface area (Å²) in [5.74, 6) is 0. The Labute approximate surface area is 571 Å².